The molecule has 2 nitrogen and oxygen atoms in total. The lowest BCUT2D eigenvalue weighted by molar-refractivity contribution is -0.514. The molecule has 3 aromatic rings. The SMILES string of the molecule is Brc1ccc(-c2cnc3cccc[n+]3c2)cc1. The van der Waals surface area contributed by atoms with Gasteiger partial charge in [0.2, 0.25) is 0 Å². The maximum atomic E-state index is 4.43. The summed E-state index contributed by atoms with van der Waals surface area (Å²) in [7, 11) is 0. The molecular formula is C14H10BrN2+. The van der Waals surface area contributed by atoms with Crippen molar-refractivity contribution in [2.45, 2.75) is 0 Å². The Morgan fingerprint density at radius 3 is 2.59 bits per heavy atom. The Labute approximate surface area is 108 Å². The van der Waals surface area contributed by atoms with Crippen molar-refractivity contribution >= 4 is 21.6 Å². The number of hydrogen-bond donors (Lipinski definition) is 0. The smallest absolute Gasteiger partial charge is 0.203 e. The normalized spacial score (nSPS) is 10.6. The number of rotatable bonds is 1. The minimum absolute atomic E-state index is 0.952. The number of pyridine rings is 1. The first-order valence-electron chi connectivity index (χ1n) is 5.35. The zero-order chi connectivity index (χ0) is 11.7. The summed E-state index contributed by atoms with van der Waals surface area (Å²) in [6, 6.07) is 14.2. The van der Waals surface area contributed by atoms with Crippen LogP contribution >= 0.6 is 15.9 Å². The van der Waals surface area contributed by atoms with Crippen molar-refractivity contribution < 1.29 is 4.40 Å². The summed E-state index contributed by atoms with van der Waals surface area (Å²) in [5.74, 6) is 0. The third-order valence-corrected chi connectivity index (χ3v) is 3.19. The van der Waals surface area contributed by atoms with E-state index >= 15 is 0 Å². The van der Waals surface area contributed by atoms with Crippen LogP contribution in [0.15, 0.2) is 65.5 Å². The Morgan fingerprint density at radius 1 is 0.941 bits per heavy atom. The number of hydrogen-bond acceptors (Lipinski definition) is 1. The first-order chi connectivity index (χ1) is 8.33. The summed E-state index contributed by atoms with van der Waals surface area (Å²) in [5, 5.41) is 0. The molecule has 1 aromatic carbocycles. The van der Waals surface area contributed by atoms with Gasteiger partial charge in [0, 0.05) is 10.5 Å². The molecule has 0 saturated heterocycles. The molecule has 0 amide bonds. The van der Waals surface area contributed by atoms with Crippen molar-refractivity contribution in [3.63, 3.8) is 0 Å². The predicted octanol–water partition coefficient (Wildman–Crippen LogP) is 3.25. The first kappa shape index (κ1) is 10.4. The Kier molecular flexibility index (Phi) is 2.61. The monoisotopic (exact) mass is 285 g/mol. The second-order valence-electron chi connectivity index (χ2n) is 3.82. The summed E-state index contributed by atoms with van der Waals surface area (Å²) in [4.78, 5) is 4.43. The summed E-state index contributed by atoms with van der Waals surface area (Å²) < 4.78 is 3.11. The standard InChI is InChI=1S/C14H10BrN2/c15-13-6-4-11(5-7-13)12-9-16-14-3-1-2-8-17(14)10-12/h1-10H/q+1. The van der Waals surface area contributed by atoms with Crippen LogP contribution < -0.4 is 4.40 Å². The Balaban J connectivity index is 2.14. The van der Waals surface area contributed by atoms with E-state index in [4.69, 9.17) is 0 Å². The van der Waals surface area contributed by atoms with Crippen LogP contribution in [-0.2, 0) is 0 Å². The minimum atomic E-state index is 0.952. The highest BCUT2D eigenvalue weighted by atomic mass is 79.9. The van der Waals surface area contributed by atoms with Crippen molar-refractivity contribution in [1.29, 1.82) is 0 Å². The zero-order valence-corrected chi connectivity index (χ0v) is 10.6. The molecule has 0 aliphatic carbocycles. The molecule has 0 bridgehead atoms. The highest BCUT2D eigenvalue weighted by molar-refractivity contribution is 9.10. The van der Waals surface area contributed by atoms with Crippen molar-refractivity contribution in [2.75, 3.05) is 0 Å². The molecule has 3 rings (SSSR count). The summed E-state index contributed by atoms with van der Waals surface area (Å²) in [6.07, 6.45) is 5.99. The topological polar surface area (TPSA) is 17.0 Å². The quantitative estimate of drug-likeness (QED) is 0.628. The molecule has 0 atom stereocenters. The van der Waals surface area contributed by atoms with E-state index in [1.807, 2.05) is 47.1 Å². The average Bonchev–Trinajstić information content (AvgIpc) is 2.39. The van der Waals surface area contributed by atoms with Crippen LogP contribution in [0, 0.1) is 0 Å². The number of benzene rings is 1. The molecule has 0 N–H and O–H groups in total. The molecular weight excluding hydrogens is 276 g/mol. The second-order valence-corrected chi connectivity index (χ2v) is 4.73. The third-order valence-electron chi connectivity index (χ3n) is 2.66. The molecule has 0 spiro atoms. The van der Waals surface area contributed by atoms with Gasteiger partial charge in [-0.25, -0.2) is 4.40 Å². The lowest BCUT2D eigenvalue weighted by Gasteiger charge is -1.99. The molecule has 0 saturated carbocycles. The van der Waals surface area contributed by atoms with E-state index in [-0.39, 0.29) is 0 Å². The van der Waals surface area contributed by atoms with Crippen LogP contribution in [0.25, 0.3) is 16.8 Å². The van der Waals surface area contributed by atoms with Crippen LogP contribution in [0.5, 0.6) is 0 Å². The fourth-order valence-corrected chi connectivity index (χ4v) is 2.04. The van der Waals surface area contributed by atoms with Gasteiger partial charge in [-0.15, -0.1) is 0 Å². The molecule has 0 aliphatic heterocycles. The Bertz CT molecular complexity index is 662. The van der Waals surface area contributed by atoms with Gasteiger partial charge in [-0.2, -0.15) is 0 Å². The Morgan fingerprint density at radius 2 is 1.76 bits per heavy atom. The number of halogens is 1. The van der Waals surface area contributed by atoms with Crippen molar-refractivity contribution in [1.82, 2.24) is 4.98 Å². The minimum Gasteiger partial charge on any atom is -0.203 e. The van der Waals surface area contributed by atoms with Crippen molar-refractivity contribution in [3.8, 4) is 11.1 Å². The molecule has 0 aliphatic rings. The van der Waals surface area contributed by atoms with Crippen LogP contribution in [0.2, 0.25) is 0 Å². The third kappa shape index (κ3) is 2.06. The summed E-state index contributed by atoms with van der Waals surface area (Å²) in [6.45, 7) is 0. The molecule has 3 heteroatoms. The van der Waals surface area contributed by atoms with Gasteiger partial charge in [0.1, 0.15) is 6.20 Å². The highest BCUT2D eigenvalue weighted by Gasteiger charge is 2.06. The van der Waals surface area contributed by atoms with Gasteiger partial charge in [-0.05, 0) is 28.7 Å². The molecule has 0 radical (unpaired) electrons. The Hall–Kier alpha value is -1.74. The van der Waals surface area contributed by atoms with E-state index in [1.165, 1.54) is 5.56 Å². The average molecular weight is 286 g/mol. The summed E-state index contributed by atoms with van der Waals surface area (Å²) in [5.41, 5.74) is 3.23. The first-order valence-corrected chi connectivity index (χ1v) is 6.14. The number of fused-ring (bicyclic) bond motifs is 1. The fraction of sp³-hybridized carbons (Fsp3) is 0. The van der Waals surface area contributed by atoms with E-state index in [9.17, 15) is 0 Å². The molecule has 2 aromatic heterocycles. The second kappa shape index (κ2) is 4.26. The highest BCUT2D eigenvalue weighted by Crippen LogP contribution is 2.19. The van der Waals surface area contributed by atoms with Gasteiger partial charge < -0.3 is 0 Å². The van der Waals surface area contributed by atoms with E-state index in [0.717, 1.165) is 15.7 Å². The van der Waals surface area contributed by atoms with Gasteiger partial charge in [0.25, 0.3) is 0 Å². The number of aromatic nitrogens is 2. The van der Waals surface area contributed by atoms with Crippen LogP contribution in [0.1, 0.15) is 0 Å². The maximum absolute atomic E-state index is 4.43. The van der Waals surface area contributed by atoms with E-state index in [2.05, 4.69) is 39.2 Å². The molecule has 0 fully saturated rings. The van der Waals surface area contributed by atoms with Crippen LogP contribution in [0.4, 0.5) is 0 Å². The molecule has 2 heterocycles. The van der Waals surface area contributed by atoms with Gasteiger partial charge in [-0.1, -0.05) is 34.1 Å². The van der Waals surface area contributed by atoms with Crippen molar-refractivity contribution in [3.05, 3.63) is 65.5 Å². The van der Waals surface area contributed by atoms with E-state index < -0.39 is 0 Å². The van der Waals surface area contributed by atoms with Gasteiger partial charge in [0.05, 0.1) is 11.8 Å². The number of nitrogens with zero attached hydrogens (tertiary/aromatic N) is 2. The summed E-state index contributed by atoms with van der Waals surface area (Å²) >= 11 is 3.44. The van der Waals surface area contributed by atoms with E-state index in [1.54, 1.807) is 0 Å². The predicted molar refractivity (Wildman–Crippen MR) is 70.5 cm³/mol. The van der Waals surface area contributed by atoms with Gasteiger partial charge in [-0.3, -0.25) is 0 Å². The lowest BCUT2D eigenvalue weighted by Crippen LogP contribution is -2.21. The maximum Gasteiger partial charge on any atom is 0.327 e. The molecule has 0 unspecified atom stereocenters. The largest absolute Gasteiger partial charge is 0.327 e. The van der Waals surface area contributed by atoms with Crippen LogP contribution in [-0.4, -0.2) is 4.98 Å². The molecule has 82 valence electrons. The van der Waals surface area contributed by atoms with E-state index in [0.29, 0.717) is 0 Å². The van der Waals surface area contributed by atoms with Gasteiger partial charge >= 0.3 is 5.65 Å². The zero-order valence-electron chi connectivity index (χ0n) is 9.05. The van der Waals surface area contributed by atoms with Crippen molar-refractivity contribution in [2.24, 2.45) is 0 Å². The lowest BCUT2D eigenvalue weighted by atomic mass is 10.1. The van der Waals surface area contributed by atoms with Gasteiger partial charge in [0.15, 0.2) is 6.20 Å². The van der Waals surface area contributed by atoms with Crippen LogP contribution in [0.3, 0.4) is 0 Å². The fourth-order valence-electron chi connectivity index (χ4n) is 1.78. The molecule has 17 heavy (non-hydrogen) atoms.